The Kier molecular flexibility index (Phi) is 7.24. The van der Waals surface area contributed by atoms with Crippen LogP contribution in [0.1, 0.15) is 13.3 Å². The summed E-state index contributed by atoms with van der Waals surface area (Å²) < 4.78 is 5.45. The first-order valence-electron chi connectivity index (χ1n) is 6.13. The summed E-state index contributed by atoms with van der Waals surface area (Å²) >= 11 is 11.9. The van der Waals surface area contributed by atoms with Crippen molar-refractivity contribution in [2.75, 3.05) is 13.2 Å². The maximum atomic E-state index is 9.81. The quantitative estimate of drug-likeness (QED) is 0.724. The first-order valence-corrected chi connectivity index (χ1v) is 6.89. The molecule has 0 saturated heterocycles. The second-order valence-corrected chi connectivity index (χ2v) is 5.16. The first-order chi connectivity index (χ1) is 9.04. The zero-order chi connectivity index (χ0) is 14.3. The zero-order valence-electron chi connectivity index (χ0n) is 10.9. The maximum absolute atomic E-state index is 9.81. The van der Waals surface area contributed by atoms with Gasteiger partial charge in [-0.3, -0.25) is 0 Å². The molecular weight excluding hydrogens is 285 g/mol. The van der Waals surface area contributed by atoms with Crippen molar-refractivity contribution in [2.24, 2.45) is 0 Å². The van der Waals surface area contributed by atoms with E-state index >= 15 is 0 Å². The summed E-state index contributed by atoms with van der Waals surface area (Å²) in [5.41, 5.74) is 0. The number of nitrogens with one attached hydrogen (secondary N) is 1. The summed E-state index contributed by atoms with van der Waals surface area (Å²) in [6.07, 6.45) is 2.06. The third kappa shape index (κ3) is 5.83. The maximum Gasteiger partial charge on any atom is 0.156 e. The molecule has 106 valence electrons. The highest BCUT2D eigenvalue weighted by Crippen LogP contribution is 2.32. The van der Waals surface area contributed by atoms with E-state index in [4.69, 9.17) is 27.9 Å². The van der Waals surface area contributed by atoms with Crippen molar-refractivity contribution in [1.29, 1.82) is 0 Å². The van der Waals surface area contributed by atoms with E-state index in [1.807, 2.05) is 13.0 Å². The van der Waals surface area contributed by atoms with Gasteiger partial charge in [-0.15, -0.1) is 6.58 Å². The van der Waals surface area contributed by atoms with Crippen LogP contribution in [0.25, 0.3) is 0 Å². The summed E-state index contributed by atoms with van der Waals surface area (Å²) in [5.74, 6) is 0.407. The Labute approximate surface area is 124 Å². The van der Waals surface area contributed by atoms with Gasteiger partial charge in [-0.2, -0.15) is 0 Å². The molecule has 5 heteroatoms. The average molecular weight is 304 g/mol. The molecule has 0 heterocycles. The Morgan fingerprint density at radius 3 is 2.63 bits per heavy atom. The predicted molar refractivity (Wildman–Crippen MR) is 80.2 cm³/mol. The standard InChI is InChI=1S/C14H19Cl2NO2/c1-3-5-10(2)17-8-11(18)9-19-14-12(15)6-4-7-13(14)16/h3-4,6-7,10-11,17-18H,1,5,8-9H2,2H3. The average Bonchev–Trinajstić information content (AvgIpc) is 2.36. The smallest absolute Gasteiger partial charge is 0.156 e. The minimum absolute atomic E-state index is 0.136. The highest BCUT2D eigenvalue weighted by atomic mass is 35.5. The van der Waals surface area contributed by atoms with E-state index in [0.29, 0.717) is 22.3 Å². The van der Waals surface area contributed by atoms with Crippen LogP contribution < -0.4 is 10.1 Å². The number of para-hydroxylation sites is 1. The lowest BCUT2D eigenvalue weighted by atomic mass is 10.2. The van der Waals surface area contributed by atoms with Crippen LogP contribution in [0.15, 0.2) is 30.9 Å². The molecule has 0 fully saturated rings. The number of aliphatic hydroxyl groups excluding tert-OH is 1. The molecule has 0 radical (unpaired) electrons. The lowest BCUT2D eigenvalue weighted by molar-refractivity contribution is 0.104. The normalized spacial score (nSPS) is 13.9. The molecule has 1 aromatic carbocycles. The van der Waals surface area contributed by atoms with Gasteiger partial charge in [-0.25, -0.2) is 0 Å². The number of ether oxygens (including phenoxy) is 1. The van der Waals surface area contributed by atoms with Crippen LogP contribution in [0.4, 0.5) is 0 Å². The Morgan fingerprint density at radius 2 is 2.05 bits per heavy atom. The van der Waals surface area contributed by atoms with Gasteiger partial charge < -0.3 is 15.2 Å². The van der Waals surface area contributed by atoms with Crippen LogP contribution in [0.5, 0.6) is 5.75 Å². The molecule has 1 rings (SSSR count). The van der Waals surface area contributed by atoms with Gasteiger partial charge in [0.25, 0.3) is 0 Å². The molecule has 0 amide bonds. The van der Waals surface area contributed by atoms with E-state index < -0.39 is 6.10 Å². The number of aliphatic hydroxyl groups is 1. The van der Waals surface area contributed by atoms with Crippen LogP contribution in [0, 0.1) is 0 Å². The van der Waals surface area contributed by atoms with Gasteiger partial charge in [0.05, 0.1) is 10.0 Å². The minimum atomic E-state index is -0.625. The fraction of sp³-hybridized carbons (Fsp3) is 0.429. The lowest BCUT2D eigenvalue weighted by Crippen LogP contribution is -2.36. The molecule has 2 N–H and O–H groups in total. The van der Waals surface area contributed by atoms with Gasteiger partial charge in [0, 0.05) is 12.6 Å². The van der Waals surface area contributed by atoms with Crippen LogP contribution in [-0.4, -0.2) is 30.4 Å². The molecule has 0 aliphatic carbocycles. The van der Waals surface area contributed by atoms with Crippen LogP contribution in [0.2, 0.25) is 10.0 Å². The summed E-state index contributed by atoms with van der Waals surface area (Å²) in [6, 6.07) is 5.40. The number of rotatable bonds is 8. The highest BCUT2D eigenvalue weighted by Gasteiger charge is 2.11. The molecule has 2 atom stereocenters. The Balaban J connectivity index is 2.37. The van der Waals surface area contributed by atoms with Gasteiger partial charge in [0.1, 0.15) is 12.7 Å². The fourth-order valence-electron chi connectivity index (χ4n) is 1.53. The van der Waals surface area contributed by atoms with E-state index in [1.165, 1.54) is 0 Å². The number of hydrogen-bond donors (Lipinski definition) is 2. The first kappa shape index (κ1) is 16.3. The highest BCUT2D eigenvalue weighted by molar-refractivity contribution is 6.37. The molecule has 0 saturated carbocycles. The monoisotopic (exact) mass is 303 g/mol. The van der Waals surface area contributed by atoms with Crippen molar-refractivity contribution >= 4 is 23.2 Å². The van der Waals surface area contributed by atoms with Crippen molar-refractivity contribution in [2.45, 2.75) is 25.5 Å². The van der Waals surface area contributed by atoms with Crippen LogP contribution in [0.3, 0.4) is 0 Å². The summed E-state index contributed by atoms with van der Waals surface area (Å²) in [5, 5.41) is 13.9. The molecule has 3 nitrogen and oxygen atoms in total. The van der Waals surface area contributed by atoms with Gasteiger partial charge in [-0.1, -0.05) is 35.3 Å². The van der Waals surface area contributed by atoms with Crippen molar-refractivity contribution in [3.8, 4) is 5.75 Å². The number of benzene rings is 1. The molecule has 0 aliphatic heterocycles. The van der Waals surface area contributed by atoms with Crippen molar-refractivity contribution in [3.63, 3.8) is 0 Å². The van der Waals surface area contributed by atoms with Crippen molar-refractivity contribution in [3.05, 3.63) is 40.9 Å². The summed E-state index contributed by atoms with van der Waals surface area (Å²) in [6.45, 7) is 6.27. The summed E-state index contributed by atoms with van der Waals surface area (Å²) in [4.78, 5) is 0. The van der Waals surface area contributed by atoms with Gasteiger partial charge in [-0.05, 0) is 25.5 Å². The third-order valence-electron chi connectivity index (χ3n) is 2.56. The molecule has 0 spiro atoms. The predicted octanol–water partition coefficient (Wildman–Crippen LogP) is 3.29. The van der Waals surface area contributed by atoms with E-state index in [2.05, 4.69) is 11.9 Å². The SMILES string of the molecule is C=CCC(C)NCC(O)COc1c(Cl)cccc1Cl. The van der Waals surface area contributed by atoms with Gasteiger partial charge >= 0.3 is 0 Å². The van der Waals surface area contributed by atoms with E-state index in [0.717, 1.165) is 6.42 Å². The summed E-state index contributed by atoms with van der Waals surface area (Å²) in [7, 11) is 0. The molecule has 19 heavy (non-hydrogen) atoms. The second kappa shape index (κ2) is 8.43. The zero-order valence-corrected chi connectivity index (χ0v) is 12.4. The molecule has 0 bridgehead atoms. The van der Waals surface area contributed by atoms with Crippen molar-refractivity contribution < 1.29 is 9.84 Å². The molecular formula is C14H19Cl2NO2. The number of halogens is 2. The fourth-order valence-corrected chi connectivity index (χ4v) is 2.04. The van der Waals surface area contributed by atoms with E-state index in [-0.39, 0.29) is 12.6 Å². The van der Waals surface area contributed by atoms with E-state index in [9.17, 15) is 5.11 Å². The van der Waals surface area contributed by atoms with Crippen LogP contribution in [-0.2, 0) is 0 Å². The van der Waals surface area contributed by atoms with Crippen LogP contribution >= 0.6 is 23.2 Å². The molecule has 2 unspecified atom stereocenters. The Bertz CT molecular complexity index is 392. The molecule has 0 aromatic heterocycles. The topological polar surface area (TPSA) is 41.5 Å². The van der Waals surface area contributed by atoms with E-state index in [1.54, 1.807) is 18.2 Å². The Morgan fingerprint density at radius 1 is 1.42 bits per heavy atom. The molecule has 1 aromatic rings. The second-order valence-electron chi connectivity index (χ2n) is 4.35. The van der Waals surface area contributed by atoms with Gasteiger partial charge in [0.2, 0.25) is 0 Å². The molecule has 0 aliphatic rings. The lowest BCUT2D eigenvalue weighted by Gasteiger charge is -2.17. The number of hydrogen-bond acceptors (Lipinski definition) is 3. The minimum Gasteiger partial charge on any atom is -0.488 e. The largest absolute Gasteiger partial charge is 0.488 e. The third-order valence-corrected chi connectivity index (χ3v) is 3.16. The van der Waals surface area contributed by atoms with Gasteiger partial charge in [0.15, 0.2) is 5.75 Å². The Hall–Kier alpha value is -0.740. The van der Waals surface area contributed by atoms with Crippen molar-refractivity contribution in [1.82, 2.24) is 5.32 Å².